The van der Waals surface area contributed by atoms with E-state index in [0.29, 0.717) is 11.3 Å². The highest BCUT2D eigenvalue weighted by Gasteiger charge is 2.15. The van der Waals surface area contributed by atoms with Crippen LogP contribution in [0.4, 0.5) is 0 Å². The minimum Gasteiger partial charge on any atom is -0.395 e. The van der Waals surface area contributed by atoms with Gasteiger partial charge < -0.3 is 20.5 Å². The van der Waals surface area contributed by atoms with E-state index in [1.165, 1.54) is 0 Å². The number of rotatable bonds is 5. The molecule has 0 aliphatic heterocycles. The maximum atomic E-state index is 11.9. The molecule has 0 spiro atoms. The van der Waals surface area contributed by atoms with Crippen LogP contribution in [-0.4, -0.2) is 39.2 Å². The number of carbonyl (C=O) groups is 1. The first-order valence-corrected chi connectivity index (χ1v) is 6.72. The fourth-order valence-electron chi connectivity index (χ4n) is 2.19. The number of aromatic amines is 1. The number of hydrogen-bond acceptors (Lipinski definition) is 4. The summed E-state index contributed by atoms with van der Waals surface area (Å²) in [6, 6.07) is 3.63. The lowest BCUT2D eigenvalue weighted by Crippen LogP contribution is -2.26. The quantitative estimate of drug-likeness (QED) is 0.657. The van der Waals surface area contributed by atoms with Gasteiger partial charge >= 0.3 is 0 Å². The second kappa shape index (κ2) is 6.51. The van der Waals surface area contributed by atoms with Gasteiger partial charge in [0, 0.05) is 35.3 Å². The van der Waals surface area contributed by atoms with Gasteiger partial charge in [-0.1, -0.05) is 0 Å². The van der Waals surface area contributed by atoms with E-state index in [4.69, 9.17) is 5.11 Å². The molecule has 0 aliphatic carbocycles. The minimum absolute atomic E-state index is 0.101. The number of aryl methyl sites for hydroxylation is 2. The van der Waals surface area contributed by atoms with E-state index >= 15 is 0 Å². The van der Waals surface area contributed by atoms with E-state index in [1.807, 2.05) is 19.9 Å². The number of amides is 1. The van der Waals surface area contributed by atoms with Crippen LogP contribution >= 0.6 is 0 Å². The molecule has 112 valence electrons. The van der Waals surface area contributed by atoms with Crippen LogP contribution in [0, 0.1) is 13.8 Å². The molecule has 0 aliphatic rings. The number of nitrogens with one attached hydrogen (secondary N) is 2. The molecule has 0 unspecified atom stereocenters. The first-order valence-electron chi connectivity index (χ1n) is 6.72. The van der Waals surface area contributed by atoms with Crippen molar-refractivity contribution in [3.8, 4) is 11.1 Å². The molecule has 6 nitrogen and oxygen atoms in total. The third-order valence-electron chi connectivity index (χ3n) is 3.24. The topological polar surface area (TPSA) is 98.2 Å². The molecule has 4 N–H and O–H groups in total. The van der Waals surface area contributed by atoms with Crippen molar-refractivity contribution in [3.63, 3.8) is 0 Å². The molecule has 0 saturated carbocycles. The maximum Gasteiger partial charge on any atom is 0.267 e. The van der Waals surface area contributed by atoms with E-state index in [0.717, 1.165) is 22.5 Å². The van der Waals surface area contributed by atoms with Crippen LogP contribution in [0.15, 0.2) is 18.3 Å². The molecule has 2 aromatic heterocycles. The Balaban J connectivity index is 2.39. The van der Waals surface area contributed by atoms with Crippen molar-refractivity contribution in [2.24, 2.45) is 0 Å². The number of aromatic nitrogens is 2. The summed E-state index contributed by atoms with van der Waals surface area (Å²) in [5, 5.41) is 20.8. The SMILES string of the molecule is Cc1cc(-c2cc(C(=O)NCCO)[nH]c2C)c(CO)cn1. The number of nitrogens with zero attached hydrogens (tertiary/aromatic N) is 1. The van der Waals surface area contributed by atoms with Crippen molar-refractivity contribution >= 4 is 5.91 Å². The zero-order valence-corrected chi connectivity index (χ0v) is 12.1. The van der Waals surface area contributed by atoms with Gasteiger partial charge in [0.15, 0.2) is 0 Å². The summed E-state index contributed by atoms with van der Waals surface area (Å²) in [5.74, 6) is -0.269. The van der Waals surface area contributed by atoms with Crippen LogP contribution in [0.3, 0.4) is 0 Å². The average Bonchev–Trinajstić information content (AvgIpc) is 2.86. The van der Waals surface area contributed by atoms with Crippen molar-refractivity contribution in [2.75, 3.05) is 13.2 Å². The van der Waals surface area contributed by atoms with Crippen molar-refractivity contribution < 1.29 is 15.0 Å². The third-order valence-corrected chi connectivity index (χ3v) is 3.24. The minimum atomic E-state index is -0.269. The van der Waals surface area contributed by atoms with Gasteiger partial charge in [-0.2, -0.15) is 0 Å². The molecular weight excluding hydrogens is 270 g/mol. The van der Waals surface area contributed by atoms with E-state index in [9.17, 15) is 9.90 Å². The predicted octanol–water partition coefficient (Wildman–Crippen LogP) is 0.908. The Bertz CT molecular complexity index is 650. The summed E-state index contributed by atoms with van der Waals surface area (Å²) in [6.45, 7) is 3.74. The number of hydrogen-bond donors (Lipinski definition) is 4. The maximum absolute atomic E-state index is 11.9. The second-order valence-electron chi connectivity index (χ2n) is 4.84. The van der Waals surface area contributed by atoms with Crippen LogP contribution in [0.1, 0.15) is 27.4 Å². The zero-order chi connectivity index (χ0) is 15.4. The van der Waals surface area contributed by atoms with Crippen molar-refractivity contribution in [2.45, 2.75) is 20.5 Å². The number of pyridine rings is 1. The molecule has 0 bridgehead atoms. The predicted molar refractivity (Wildman–Crippen MR) is 78.8 cm³/mol. The molecule has 21 heavy (non-hydrogen) atoms. The van der Waals surface area contributed by atoms with Gasteiger partial charge in [0.05, 0.1) is 13.2 Å². The zero-order valence-electron chi connectivity index (χ0n) is 12.1. The van der Waals surface area contributed by atoms with Gasteiger partial charge in [0.1, 0.15) is 5.69 Å². The molecule has 6 heteroatoms. The molecule has 0 fully saturated rings. The molecule has 2 heterocycles. The van der Waals surface area contributed by atoms with Crippen LogP contribution in [0.5, 0.6) is 0 Å². The molecular formula is C15H19N3O3. The first kappa shape index (κ1) is 15.2. The van der Waals surface area contributed by atoms with E-state index in [-0.39, 0.29) is 25.7 Å². The lowest BCUT2D eigenvalue weighted by molar-refractivity contribution is 0.0940. The highest BCUT2D eigenvalue weighted by molar-refractivity contribution is 5.94. The molecule has 2 aromatic rings. The van der Waals surface area contributed by atoms with E-state index in [2.05, 4.69) is 15.3 Å². The van der Waals surface area contributed by atoms with Gasteiger partial charge in [0.25, 0.3) is 5.91 Å². The van der Waals surface area contributed by atoms with Crippen molar-refractivity contribution in [1.29, 1.82) is 0 Å². The molecule has 0 atom stereocenters. The summed E-state index contributed by atoms with van der Waals surface area (Å²) >= 11 is 0. The Hall–Kier alpha value is -2.18. The van der Waals surface area contributed by atoms with Gasteiger partial charge in [-0.15, -0.1) is 0 Å². The van der Waals surface area contributed by atoms with Gasteiger partial charge in [-0.3, -0.25) is 9.78 Å². The van der Waals surface area contributed by atoms with Crippen LogP contribution in [-0.2, 0) is 6.61 Å². The number of carbonyl (C=O) groups excluding carboxylic acids is 1. The standard InChI is InChI=1S/C15H19N3O3/c1-9-5-13(11(8-20)7-17-9)12-6-14(18-10(12)2)15(21)16-3-4-19/h5-7,18-20H,3-4,8H2,1-2H3,(H,16,21). The third kappa shape index (κ3) is 3.29. The largest absolute Gasteiger partial charge is 0.395 e. The number of H-pyrrole nitrogens is 1. The molecule has 0 saturated heterocycles. The fraction of sp³-hybridized carbons (Fsp3) is 0.333. The molecule has 1 amide bonds. The summed E-state index contributed by atoms with van der Waals surface area (Å²) in [4.78, 5) is 19.1. The second-order valence-corrected chi connectivity index (χ2v) is 4.84. The lowest BCUT2D eigenvalue weighted by atomic mass is 10.0. The molecule has 2 rings (SSSR count). The Morgan fingerprint density at radius 1 is 1.29 bits per heavy atom. The fourth-order valence-corrected chi connectivity index (χ4v) is 2.19. The van der Waals surface area contributed by atoms with E-state index in [1.54, 1.807) is 12.3 Å². The van der Waals surface area contributed by atoms with E-state index < -0.39 is 0 Å². The highest BCUT2D eigenvalue weighted by atomic mass is 16.3. The van der Waals surface area contributed by atoms with Crippen LogP contribution < -0.4 is 5.32 Å². The lowest BCUT2D eigenvalue weighted by Gasteiger charge is -2.07. The number of aliphatic hydroxyl groups is 2. The van der Waals surface area contributed by atoms with Gasteiger partial charge in [-0.05, 0) is 31.5 Å². The Kier molecular flexibility index (Phi) is 4.72. The monoisotopic (exact) mass is 289 g/mol. The summed E-state index contributed by atoms with van der Waals surface area (Å²) < 4.78 is 0. The van der Waals surface area contributed by atoms with Gasteiger partial charge in [-0.25, -0.2) is 0 Å². The summed E-state index contributed by atoms with van der Waals surface area (Å²) in [6.07, 6.45) is 1.64. The summed E-state index contributed by atoms with van der Waals surface area (Å²) in [7, 11) is 0. The Labute approximate surface area is 122 Å². The smallest absolute Gasteiger partial charge is 0.267 e. The van der Waals surface area contributed by atoms with Crippen LogP contribution in [0.2, 0.25) is 0 Å². The summed E-state index contributed by atoms with van der Waals surface area (Å²) in [5.41, 5.74) is 4.54. The highest BCUT2D eigenvalue weighted by Crippen LogP contribution is 2.28. The molecule has 0 aromatic carbocycles. The first-order chi connectivity index (χ1) is 10.1. The van der Waals surface area contributed by atoms with Gasteiger partial charge in [0.2, 0.25) is 0 Å². The van der Waals surface area contributed by atoms with Crippen LogP contribution in [0.25, 0.3) is 11.1 Å². The number of aliphatic hydroxyl groups excluding tert-OH is 2. The van der Waals surface area contributed by atoms with Crippen molar-refractivity contribution in [3.05, 3.63) is 41.0 Å². The Morgan fingerprint density at radius 3 is 2.71 bits per heavy atom. The Morgan fingerprint density at radius 2 is 2.05 bits per heavy atom. The normalized spacial score (nSPS) is 10.7. The van der Waals surface area contributed by atoms with Crippen molar-refractivity contribution in [1.82, 2.24) is 15.3 Å². The molecule has 0 radical (unpaired) electrons. The average molecular weight is 289 g/mol.